The van der Waals surface area contributed by atoms with Gasteiger partial charge < -0.3 is 19.6 Å². The zero-order chi connectivity index (χ0) is 21.8. The quantitative estimate of drug-likeness (QED) is 0.649. The Morgan fingerprint density at radius 2 is 1.48 bits per heavy atom. The number of rotatable bonds is 5. The van der Waals surface area contributed by atoms with Crippen molar-refractivity contribution in [1.82, 2.24) is 4.90 Å². The monoisotopic (exact) mass is 416 g/mol. The lowest BCUT2D eigenvalue weighted by Gasteiger charge is -2.32. The Balaban J connectivity index is 1.32. The third-order valence-corrected chi connectivity index (χ3v) is 5.74. The Hall–Kier alpha value is -3.47. The molecule has 1 fully saturated rings. The third-order valence-electron chi connectivity index (χ3n) is 5.74. The van der Waals surface area contributed by atoms with Crippen LogP contribution in [0.25, 0.3) is 11.1 Å². The Morgan fingerprint density at radius 3 is 2.06 bits per heavy atom. The molecular weight excluding hydrogens is 388 g/mol. The number of carbonyl (C=O) groups is 1. The van der Waals surface area contributed by atoms with E-state index >= 15 is 0 Å². The van der Waals surface area contributed by atoms with E-state index in [0.717, 1.165) is 24.2 Å². The van der Waals surface area contributed by atoms with E-state index in [0.29, 0.717) is 18.7 Å². The summed E-state index contributed by atoms with van der Waals surface area (Å²) in [4.78, 5) is 16.5. The van der Waals surface area contributed by atoms with Crippen LogP contribution in [0.1, 0.15) is 23.2 Å². The summed E-state index contributed by atoms with van der Waals surface area (Å²) in [5.41, 5.74) is 3.86. The number of anilines is 1. The summed E-state index contributed by atoms with van der Waals surface area (Å²) in [6.45, 7) is 1.24. The van der Waals surface area contributed by atoms with Crippen LogP contribution in [0.3, 0.4) is 0 Å². The van der Waals surface area contributed by atoms with E-state index in [1.807, 2.05) is 26.2 Å². The van der Waals surface area contributed by atoms with Gasteiger partial charge in [-0.3, -0.25) is 4.79 Å². The van der Waals surface area contributed by atoms with Crippen molar-refractivity contribution in [2.75, 3.05) is 32.1 Å². The maximum atomic E-state index is 12.6. The van der Waals surface area contributed by atoms with E-state index in [1.165, 1.54) is 11.3 Å². The van der Waals surface area contributed by atoms with Crippen LogP contribution in [0, 0.1) is 0 Å². The molecule has 5 nitrogen and oxygen atoms in total. The fourth-order valence-electron chi connectivity index (χ4n) is 3.87. The normalized spacial score (nSPS) is 14.3. The Kier molecular flexibility index (Phi) is 6.12. The van der Waals surface area contributed by atoms with Crippen LogP contribution in [-0.2, 0) is 0 Å². The summed E-state index contributed by atoms with van der Waals surface area (Å²) in [5.74, 6) is 0.752. The average Bonchev–Trinajstić information content (AvgIpc) is 2.80. The topological polar surface area (TPSA) is 53.0 Å². The van der Waals surface area contributed by atoms with Crippen molar-refractivity contribution in [2.24, 2.45) is 0 Å². The van der Waals surface area contributed by atoms with E-state index < -0.39 is 0 Å². The standard InChI is InChI=1S/C26H28N2O3/c1-27(2)21-11-7-19(8-12-21)20-9-13-22(14-10-20)31-23-15-17-28(18-16-23)26(30)24-5-3-4-6-25(24)29/h3-14,23,29H,15-18H2,1-2H3. The van der Waals surface area contributed by atoms with Gasteiger partial charge in [-0.2, -0.15) is 0 Å². The lowest BCUT2D eigenvalue weighted by atomic mass is 10.0. The molecular formula is C26H28N2O3. The van der Waals surface area contributed by atoms with Crippen LogP contribution < -0.4 is 9.64 Å². The van der Waals surface area contributed by atoms with Crippen molar-refractivity contribution in [1.29, 1.82) is 0 Å². The van der Waals surface area contributed by atoms with Gasteiger partial charge in [0.1, 0.15) is 17.6 Å². The van der Waals surface area contributed by atoms with Gasteiger partial charge in [-0.1, -0.05) is 36.4 Å². The molecule has 1 N–H and O–H groups in total. The molecule has 0 aliphatic carbocycles. The molecule has 0 aromatic heterocycles. The summed E-state index contributed by atoms with van der Waals surface area (Å²) in [5, 5.41) is 9.93. The highest BCUT2D eigenvalue weighted by Gasteiger charge is 2.26. The fraction of sp³-hybridized carbons (Fsp3) is 0.269. The van der Waals surface area contributed by atoms with Gasteiger partial charge in [0.2, 0.25) is 0 Å². The Bertz CT molecular complexity index is 1020. The van der Waals surface area contributed by atoms with Crippen LogP contribution in [0.2, 0.25) is 0 Å². The third kappa shape index (κ3) is 4.82. The van der Waals surface area contributed by atoms with Crippen molar-refractivity contribution in [3.63, 3.8) is 0 Å². The minimum atomic E-state index is -0.124. The first-order valence-corrected chi connectivity index (χ1v) is 10.6. The number of carbonyl (C=O) groups excluding carboxylic acids is 1. The van der Waals surface area contributed by atoms with Crippen molar-refractivity contribution < 1.29 is 14.6 Å². The summed E-state index contributed by atoms with van der Waals surface area (Å²) >= 11 is 0. The molecule has 1 heterocycles. The highest BCUT2D eigenvalue weighted by Crippen LogP contribution is 2.27. The number of para-hydroxylation sites is 1. The Morgan fingerprint density at radius 1 is 0.903 bits per heavy atom. The number of nitrogens with zero attached hydrogens (tertiary/aromatic N) is 2. The molecule has 0 radical (unpaired) electrons. The lowest BCUT2D eigenvalue weighted by Crippen LogP contribution is -2.41. The number of amides is 1. The number of hydrogen-bond acceptors (Lipinski definition) is 4. The van der Waals surface area contributed by atoms with E-state index in [2.05, 4.69) is 41.3 Å². The number of likely N-dealkylation sites (tertiary alicyclic amines) is 1. The van der Waals surface area contributed by atoms with Crippen LogP contribution in [0.15, 0.2) is 72.8 Å². The predicted octanol–water partition coefficient (Wildman–Crippen LogP) is 4.81. The first-order valence-electron chi connectivity index (χ1n) is 10.6. The number of phenols is 1. The second-order valence-corrected chi connectivity index (χ2v) is 8.09. The maximum Gasteiger partial charge on any atom is 0.257 e. The molecule has 0 spiro atoms. The molecule has 3 aromatic carbocycles. The molecule has 5 heteroatoms. The molecule has 0 unspecified atom stereocenters. The van der Waals surface area contributed by atoms with E-state index in [1.54, 1.807) is 29.2 Å². The van der Waals surface area contributed by atoms with Crippen molar-refractivity contribution >= 4 is 11.6 Å². The van der Waals surface area contributed by atoms with Crippen LogP contribution >= 0.6 is 0 Å². The van der Waals surface area contributed by atoms with E-state index in [-0.39, 0.29) is 17.8 Å². The minimum Gasteiger partial charge on any atom is -0.507 e. The molecule has 0 bridgehead atoms. The summed E-state index contributed by atoms with van der Waals surface area (Å²) < 4.78 is 6.16. The zero-order valence-corrected chi connectivity index (χ0v) is 18.0. The van der Waals surface area contributed by atoms with Gasteiger partial charge in [-0.25, -0.2) is 0 Å². The smallest absolute Gasteiger partial charge is 0.257 e. The molecule has 0 atom stereocenters. The largest absolute Gasteiger partial charge is 0.507 e. The number of hydrogen-bond donors (Lipinski definition) is 1. The second-order valence-electron chi connectivity index (χ2n) is 8.09. The molecule has 4 rings (SSSR count). The summed E-state index contributed by atoms with van der Waals surface area (Å²) in [7, 11) is 4.07. The van der Waals surface area contributed by atoms with Gasteiger partial charge in [-0.05, 0) is 47.5 Å². The molecule has 31 heavy (non-hydrogen) atoms. The summed E-state index contributed by atoms with van der Waals surface area (Å²) in [6.07, 6.45) is 1.62. The second kappa shape index (κ2) is 9.13. The Labute approximate surface area is 183 Å². The molecule has 0 saturated carbocycles. The lowest BCUT2D eigenvalue weighted by molar-refractivity contribution is 0.0593. The van der Waals surface area contributed by atoms with Gasteiger partial charge in [0.15, 0.2) is 0 Å². The molecule has 1 aliphatic rings. The number of phenolic OH excluding ortho intramolecular Hbond substituents is 1. The number of ether oxygens (including phenoxy) is 1. The predicted molar refractivity (Wildman–Crippen MR) is 124 cm³/mol. The number of piperidine rings is 1. The molecule has 1 aliphatic heterocycles. The highest BCUT2D eigenvalue weighted by atomic mass is 16.5. The van der Waals surface area contributed by atoms with Crippen molar-refractivity contribution in [3.05, 3.63) is 78.4 Å². The first-order chi connectivity index (χ1) is 15.0. The molecule has 1 amide bonds. The maximum absolute atomic E-state index is 12.6. The van der Waals surface area contributed by atoms with Gasteiger partial charge in [0.25, 0.3) is 5.91 Å². The number of aromatic hydroxyl groups is 1. The van der Waals surface area contributed by atoms with E-state index in [4.69, 9.17) is 4.74 Å². The molecule has 1 saturated heterocycles. The molecule has 160 valence electrons. The fourth-order valence-corrected chi connectivity index (χ4v) is 3.87. The minimum absolute atomic E-state index is 0.0299. The average molecular weight is 417 g/mol. The van der Waals surface area contributed by atoms with Gasteiger partial charge in [-0.15, -0.1) is 0 Å². The van der Waals surface area contributed by atoms with E-state index in [9.17, 15) is 9.90 Å². The zero-order valence-electron chi connectivity index (χ0n) is 18.0. The molecule has 3 aromatic rings. The van der Waals surface area contributed by atoms with Crippen molar-refractivity contribution in [2.45, 2.75) is 18.9 Å². The van der Waals surface area contributed by atoms with Crippen molar-refractivity contribution in [3.8, 4) is 22.6 Å². The SMILES string of the molecule is CN(C)c1ccc(-c2ccc(OC3CCN(C(=O)c4ccccc4O)CC3)cc2)cc1. The van der Waals surface area contributed by atoms with Crippen LogP contribution in [-0.4, -0.2) is 49.2 Å². The first kappa shape index (κ1) is 20.8. The van der Waals surface area contributed by atoms with Crippen LogP contribution in [0.4, 0.5) is 5.69 Å². The van der Waals surface area contributed by atoms with Gasteiger partial charge >= 0.3 is 0 Å². The summed E-state index contributed by atoms with van der Waals surface area (Å²) in [6, 6.07) is 23.4. The highest BCUT2D eigenvalue weighted by molar-refractivity contribution is 5.96. The van der Waals surface area contributed by atoms with Gasteiger partial charge in [0, 0.05) is 45.7 Å². The van der Waals surface area contributed by atoms with Crippen LogP contribution in [0.5, 0.6) is 11.5 Å². The number of benzene rings is 3. The van der Waals surface area contributed by atoms with Gasteiger partial charge in [0.05, 0.1) is 5.56 Å².